The molecule has 1 aromatic rings. The van der Waals surface area contributed by atoms with E-state index in [0.717, 1.165) is 5.56 Å². The third-order valence-corrected chi connectivity index (χ3v) is 3.06. The SMILES string of the molecule is CCC1(c2ccc(Cl)cc2)OCC(CO)O1. The molecule has 1 aromatic carbocycles. The Bertz CT molecular complexity index is 352. The highest BCUT2D eigenvalue weighted by Gasteiger charge is 2.41. The van der Waals surface area contributed by atoms with Crippen molar-refractivity contribution in [3.8, 4) is 0 Å². The van der Waals surface area contributed by atoms with Gasteiger partial charge in [0.1, 0.15) is 6.10 Å². The van der Waals surface area contributed by atoms with Crippen LogP contribution in [0.25, 0.3) is 0 Å². The Kier molecular flexibility index (Phi) is 3.50. The molecule has 0 amide bonds. The molecule has 1 fully saturated rings. The number of ether oxygens (including phenoxy) is 2. The van der Waals surface area contributed by atoms with Crippen molar-refractivity contribution < 1.29 is 14.6 Å². The molecule has 1 N–H and O–H groups in total. The Balaban J connectivity index is 2.25. The van der Waals surface area contributed by atoms with E-state index in [0.29, 0.717) is 18.1 Å². The largest absolute Gasteiger partial charge is 0.394 e. The van der Waals surface area contributed by atoms with E-state index < -0.39 is 5.79 Å². The van der Waals surface area contributed by atoms with Crippen LogP contribution in [0.15, 0.2) is 24.3 Å². The highest BCUT2D eigenvalue weighted by atomic mass is 35.5. The molecule has 2 unspecified atom stereocenters. The van der Waals surface area contributed by atoms with Crippen LogP contribution in [0, 0.1) is 0 Å². The van der Waals surface area contributed by atoms with Crippen molar-refractivity contribution in [1.29, 1.82) is 0 Å². The Morgan fingerprint density at radius 1 is 1.44 bits per heavy atom. The third-order valence-electron chi connectivity index (χ3n) is 2.81. The van der Waals surface area contributed by atoms with E-state index in [2.05, 4.69) is 0 Å². The highest BCUT2D eigenvalue weighted by molar-refractivity contribution is 6.30. The second kappa shape index (κ2) is 4.72. The van der Waals surface area contributed by atoms with Crippen LogP contribution < -0.4 is 0 Å². The predicted molar refractivity (Wildman–Crippen MR) is 61.3 cm³/mol. The van der Waals surface area contributed by atoms with Gasteiger partial charge in [-0.15, -0.1) is 0 Å². The van der Waals surface area contributed by atoms with Crippen molar-refractivity contribution in [3.63, 3.8) is 0 Å². The van der Waals surface area contributed by atoms with Crippen LogP contribution in [-0.2, 0) is 15.3 Å². The summed E-state index contributed by atoms with van der Waals surface area (Å²) in [6, 6.07) is 7.41. The van der Waals surface area contributed by atoms with E-state index in [1.165, 1.54) is 0 Å². The van der Waals surface area contributed by atoms with Gasteiger partial charge in [-0.1, -0.05) is 30.7 Å². The summed E-state index contributed by atoms with van der Waals surface area (Å²) in [5.41, 5.74) is 0.940. The van der Waals surface area contributed by atoms with Crippen LogP contribution in [0.2, 0.25) is 5.02 Å². The third kappa shape index (κ3) is 2.09. The van der Waals surface area contributed by atoms with Gasteiger partial charge in [0.15, 0.2) is 5.79 Å². The maximum atomic E-state index is 9.06. The van der Waals surface area contributed by atoms with Gasteiger partial charge in [0.2, 0.25) is 0 Å². The average molecular weight is 243 g/mol. The smallest absolute Gasteiger partial charge is 0.195 e. The van der Waals surface area contributed by atoms with Crippen molar-refractivity contribution >= 4 is 11.6 Å². The number of benzene rings is 1. The molecule has 1 heterocycles. The maximum absolute atomic E-state index is 9.06. The zero-order valence-corrected chi connectivity index (χ0v) is 9.91. The van der Waals surface area contributed by atoms with E-state index in [1.54, 1.807) is 0 Å². The first kappa shape index (κ1) is 11.9. The normalized spacial score (nSPS) is 29.6. The standard InChI is InChI=1S/C12H15ClO3/c1-2-12(15-8-11(7-14)16-12)9-3-5-10(13)6-4-9/h3-6,11,14H,2,7-8H2,1H3. The van der Waals surface area contributed by atoms with E-state index in [-0.39, 0.29) is 12.7 Å². The predicted octanol–water partition coefficient (Wildman–Crippen LogP) is 2.31. The Labute approximate surface area is 99.9 Å². The molecule has 16 heavy (non-hydrogen) atoms. The molecule has 3 nitrogen and oxygen atoms in total. The quantitative estimate of drug-likeness (QED) is 0.884. The van der Waals surface area contributed by atoms with E-state index >= 15 is 0 Å². The van der Waals surface area contributed by atoms with Gasteiger partial charge >= 0.3 is 0 Å². The molecule has 4 heteroatoms. The summed E-state index contributed by atoms with van der Waals surface area (Å²) in [4.78, 5) is 0. The second-order valence-electron chi connectivity index (χ2n) is 3.85. The summed E-state index contributed by atoms with van der Waals surface area (Å²) >= 11 is 5.84. The van der Waals surface area contributed by atoms with Crippen molar-refractivity contribution in [1.82, 2.24) is 0 Å². The van der Waals surface area contributed by atoms with Gasteiger partial charge in [-0.2, -0.15) is 0 Å². The molecule has 0 spiro atoms. The van der Waals surface area contributed by atoms with Crippen LogP contribution in [-0.4, -0.2) is 24.4 Å². The fraction of sp³-hybridized carbons (Fsp3) is 0.500. The van der Waals surface area contributed by atoms with Crippen LogP contribution in [0.1, 0.15) is 18.9 Å². The highest BCUT2D eigenvalue weighted by Crippen LogP contribution is 2.37. The van der Waals surface area contributed by atoms with Gasteiger partial charge < -0.3 is 14.6 Å². The first-order valence-corrected chi connectivity index (χ1v) is 5.76. The number of aliphatic hydroxyl groups excluding tert-OH is 1. The molecule has 1 aliphatic rings. The maximum Gasteiger partial charge on any atom is 0.195 e. The summed E-state index contributed by atoms with van der Waals surface area (Å²) in [5.74, 6) is -0.724. The minimum absolute atomic E-state index is 0.0185. The lowest BCUT2D eigenvalue weighted by Crippen LogP contribution is -2.27. The number of aliphatic hydroxyl groups is 1. The van der Waals surface area contributed by atoms with Crippen LogP contribution in [0.4, 0.5) is 0 Å². The van der Waals surface area contributed by atoms with Gasteiger partial charge in [0.05, 0.1) is 13.2 Å². The zero-order valence-electron chi connectivity index (χ0n) is 9.15. The monoisotopic (exact) mass is 242 g/mol. The van der Waals surface area contributed by atoms with Crippen molar-refractivity contribution in [3.05, 3.63) is 34.9 Å². The average Bonchev–Trinajstić information content (AvgIpc) is 2.75. The van der Waals surface area contributed by atoms with E-state index in [1.807, 2.05) is 31.2 Å². The number of halogens is 1. The molecule has 0 aliphatic carbocycles. The van der Waals surface area contributed by atoms with Gasteiger partial charge in [-0.05, 0) is 12.1 Å². The number of hydrogen-bond acceptors (Lipinski definition) is 3. The molecule has 2 rings (SSSR count). The van der Waals surface area contributed by atoms with Gasteiger partial charge in [0, 0.05) is 17.0 Å². The van der Waals surface area contributed by atoms with Crippen molar-refractivity contribution in [2.24, 2.45) is 0 Å². The van der Waals surface area contributed by atoms with E-state index in [4.69, 9.17) is 26.2 Å². The number of rotatable bonds is 3. The van der Waals surface area contributed by atoms with Gasteiger partial charge in [-0.25, -0.2) is 0 Å². The first-order chi connectivity index (χ1) is 7.70. The first-order valence-electron chi connectivity index (χ1n) is 5.39. The van der Waals surface area contributed by atoms with Gasteiger partial charge in [-0.3, -0.25) is 0 Å². The summed E-state index contributed by atoms with van der Waals surface area (Å²) in [6.07, 6.45) is 0.459. The molecular weight excluding hydrogens is 228 g/mol. The minimum Gasteiger partial charge on any atom is -0.394 e. The van der Waals surface area contributed by atoms with Crippen LogP contribution >= 0.6 is 11.6 Å². The lowest BCUT2D eigenvalue weighted by Gasteiger charge is -2.27. The molecule has 0 bridgehead atoms. The lowest BCUT2D eigenvalue weighted by molar-refractivity contribution is -0.182. The molecular formula is C12H15ClO3. The zero-order chi connectivity index (χ0) is 11.6. The van der Waals surface area contributed by atoms with Gasteiger partial charge in [0.25, 0.3) is 0 Å². The molecule has 1 saturated heterocycles. The summed E-state index contributed by atoms with van der Waals surface area (Å²) in [7, 11) is 0. The lowest BCUT2D eigenvalue weighted by atomic mass is 10.0. The Morgan fingerprint density at radius 2 is 2.12 bits per heavy atom. The van der Waals surface area contributed by atoms with E-state index in [9.17, 15) is 0 Å². The topological polar surface area (TPSA) is 38.7 Å². The Morgan fingerprint density at radius 3 is 2.62 bits per heavy atom. The molecule has 0 saturated carbocycles. The molecule has 0 radical (unpaired) electrons. The second-order valence-corrected chi connectivity index (χ2v) is 4.28. The summed E-state index contributed by atoms with van der Waals surface area (Å²) in [6.45, 7) is 2.40. The Hall–Kier alpha value is -0.610. The molecule has 0 aromatic heterocycles. The molecule has 1 aliphatic heterocycles. The van der Waals surface area contributed by atoms with Crippen molar-refractivity contribution in [2.45, 2.75) is 25.2 Å². The fourth-order valence-electron chi connectivity index (χ4n) is 1.90. The fourth-order valence-corrected chi connectivity index (χ4v) is 2.03. The molecule has 88 valence electrons. The van der Waals surface area contributed by atoms with Crippen LogP contribution in [0.5, 0.6) is 0 Å². The number of hydrogen-bond donors (Lipinski definition) is 1. The van der Waals surface area contributed by atoms with Crippen LogP contribution in [0.3, 0.4) is 0 Å². The summed E-state index contributed by atoms with van der Waals surface area (Å²) in [5, 5.41) is 9.75. The molecule has 2 atom stereocenters. The van der Waals surface area contributed by atoms with Crippen molar-refractivity contribution in [2.75, 3.05) is 13.2 Å². The summed E-state index contributed by atoms with van der Waals surface area (Å²) < 4.78 is 11.5. The minimum atomic E-state index is -0.724.